The van der Waals surface area contributed by atoms with Gasteiger partial charge in [0.05, 0.1) is 6.10 Å². The Morgan fingerprint density at radius 3 is 2.88 bits per heavy atom. The van der Waals surface area contributed by atoms with Crippen LogP contribution in [0.25, 0.3) is 0 Å². The summed E-state index contributed by atoms with van der Waals surface area (Å²) in [5.41, 5.74) is -0.123. The molecule has 0 spiro atoms. The van der Waals surface area contributed by atoms with Crippen molar-refractivity contribution in [3.05, 3.63) is 29.3 Å². The van der Waals surface area contributed by atoms with Crippen molar-refractivity contribution in [1.82, 2.24) is 0 Å². The third-order valence-electron chi connectivity index (χ3n) is 3.77. The highest BCUT2D eigenvalue weighted by molar-refractivity contribution is 6.30. The normalized spacial score (nSPS) is 33.2. The van der Waals surface area contributed by atoms with E-state index in [-0.39, 0.29) is 17.6 Å². The molecule has 0 bridgehead atoms. The van der Waals surface area contributed by atoms with E-state index in [1.165, 1.54) is 0 Å². The van der Waals surface area contributed by atoms with Gasteiger partial charge in [0.2, 0.25) is 0 Å². The van der Waals surface area contributed by atoms with E-state index >= 15 is 0 Å². The zero-order valence-corrected chi connectivity index (χ0v) is 10.4. The second kappa shape index (κ2) is 4.27. The molecule has 1 aromatic rings. The molecule has 1 N–H and O–H groups in total. The molecule has 0 aromatic heterocycles. The molecule has 88 valence electrons. The van der Waals surface area contributed by atoms with Crippen molar-refractivity contribution in [2.45, 2.75) is 38.9 Å². The van der Waals surface area contributed by atoms with Crippen molar-refractivity contribution in [1.29, 1.82) is 0 Å². The second-order valence-electron chi connectivity index (χ2n) is 4.67. The lowest BCUT2D eigenvalue weighted by Crippen LogP contribution is -2.57. The van der Waals surface area contributed by atoms with E-state index in [0.29, 0.717) is 11.4 Å². The van der Waals surface area contributed by atoms with Gasteiger partial charge < -0.3 is 9.84 Å². The van der Waals surface area contributed by atoms with Gasteiger partial charge in [-0.1, -0.05) is 31.5 Å². The summed E-state index contributed by atoms with van der Waals surface area (Å²) in [6.45, 7) is 4.15. The van der Waals surface area contributed by atoms with Gasteiger partial charge in [0, 0.05) is 16.9 Å². The first-order valence-corrected chi connectivity index (χ1v) is 6.04. The summed E-state index contributed by atoms with van der Waals surface area (Å²) in [6.07, 6.45) is 1.46. The Morgan fingerprint density at radius 2 is 2.31 bits per heavy atom. The summed E-state index contributed by atoms with van der Waals surface area (Å²) in [5, 5.41) is 10.4. The number of aliphatic hydroxyl groups excluding tert-OH is 1. The Kier molecular flexibility index (Phi) is 3.13. The van der Waals surface area contributed by atoms with Crippen molar-refractivity contribution in [3.63, 3.8) is 0 Å². The quantitative estimate of drug-likeness (QED) is 0.879. The van der Waals surface area contributed by atoms with Crippen LogP contribution in [0.2, 0.25) is 5.02 Å². The molecule has 2 rings (SSSR count). The Bertz CT molecular complexity index is 380. The van der Waals surface area contributed by atoms with Crippen LogP contribution in [0.5, 0.6) is 5.75 Å². The zero-order chi connectivity index (χ0) is 11.8. The summed E-state index contributed by atoms with van der Waals surface area (Å²) in [5.74, 6) is 0.782. The van der Waals surface area contributed by atoms with E-state index in [2.05, 4.69) is 13.8 Å². The molecule has 0 radical (unpaired) electrons. The third kappa shape index (κ3) is 1.92. The monoisotopic (exact) mass is 240 g/mol. The first-order chi connectivity index (χ1) is 7.56. The first-order valence-electron chi connectivity index (χ1n) is 5.66. The number of aliphatic hydroxyl groups is 1. The van der Waals surface area contributed by atoms with E-state index in [9.17, 15) is 5.11 Å². The zero-order valence-electron chi connectivity index (χ0n) is 9.61. The molecule has 16 heavy (non-hydrogen) atoms. The average Bonchev–Trinajstić information content (AvgIpc) is 2.27. The van der Waals surface area contributed by atoms with Gasteiger partial charge in [0.15, 0.2) is 0 Å². The Labute approximate surface area is 101 Å². The van der Waals surface area contributed by atoms with E-state index in [1.807, 2.05) is 24.3 Å². The molecule has 0 aliphatic heterocycles. The van der Waals surface area contributed by atoms with Gasteiger partial charge in [-0.2, -0.15) is 0 Å². The maximum atomic E-state index is 9.76. The summed E-state index contributed by atoms with van der Waals surface area (Å²) in [4.78, 5) is 0. The molecule has 1 aromatic carbocycles. The van der Waals surface area contributed by atoms with Gasteiger partial charge >= 0.3 is 0 Å². The number of halogens is 1. The Balaban J connectivity index is 2.06. The summed E-state index contributed by atoms with van der Waals surface area (Å²) in [6, 6.07) is 7.40. The van der Waals surface area contributed by atoms with Crippen molar-refractivity contribution in [2.75, 3.05) is 0 Å². The average molecular weight is 241 g/mol. The summed E-state index contributed by atoms with van der Waals surface area (Å²) < 4.78 is 5.86. The lowest BCUT2D eigenvalue weighted by Gasteiger charge is -2.50. The third-order valence-corrected chi connectivity index (χ3v) is 4.01. The molecule has 1 aliphatic rings. The molecule has 1 saturated carbocycles. The smallest absolute Gasteiger partial charge is 0.121 e. The molecule has 0 amide bonds. The highest BCUT2D eigenvalue weighted by atomic mass is 35.5. The molecule has 2 nitrogen and oxygen atoms in total. The Hall–Kier alpha value is -0.730. The number of hydrogen-bond acceptors (Lipinski definition) is 2. The standard InChI is InChI=1S/C13H17ClO2/c1-3-13(2)11(15)8-12(13)16-10-6-4-5-9(14)7-10/h4-7,11-12,15H,3,8H2,1-2H3. The van der Waals surface area contributed by atoms with Gasteiger partial charge in [-0.3, -0.25) is 0 Å². The lowest BCUT2D eigenvalue weighted by atomic mass is 9.63. The molecular weight excluding hydrogens is 224 g/mol. The topological polar surface area (TPSA) is 29.5 Å². The molecule has 1 fully saturated rings. The van der Waals surface area contributed by atoms with Gasteiger partial charge in [-0.15, -0.1) is 0 Å². The fraction of sp³-hybridized carbons (Fsp3) is 0.538. The molecule has 3 atom stereocenters. The van der Waals surface area contributed by atoms with Crippen LogP contribution in [-0.4, -0.2) is 17.3 Å². The number of hydrogen-bond donors (Lipinski definition) is 1. The molecule has 3 unspecified atom stereocenters. The SMILES string of the molecule is CCC1(C)C(O)CC1Oc1cccc(Cl)c1. The maximum absolute atomic E-state index is 9.76. The molecule has 3 heteroatoms. The van der Waals surface area contributed by atoms with E-state index in [4.69, 9.17) is 16.3 Å². The van der Waals surface area contributed by atoms with E-state index in [0.717, 1.165) is 12.2 Å². The molecule has 0 heterocycles. The van der Waals surface area contributed by atoms with Crippen LogP contribution >= 0.6 is 11.6 Å². The molecular formula is C13H17ClO2. The van der Waals surface area contributed by atoms with Crippen molar-refractivity contribution < 1.29 is 9.84 Å². The van der Waals surface area contributed by atoms with Gasteiger partial charge in [-0.25, -0.2) is 0 Å². The largest absolute Gasteiger partial charge is 0.490 e. The highest BCUT2D eigenvalue weighted by Gasteiger charge is 2.51. The van der Waals surface area contributed by atoms with Crippen LogP contribution in [0.15, 0.2) is 24.3 Å². The molecule has 0 saturated heterocycles. The fourth-order valence-corrected chi connectivity index (χ4v) is 2.33. The predicted octanol–water partition coefficient (Wildman–Crippen LogP) is 3.27. The minimum Gasteiger partial charge on any atom is -0.490 e. The fourth-order valence-electron chi connectivity index (χ4n) is 2.15. The van der Waals surface area contributed by atoms with Gasteiger partial charge in [0.25, 0.3) is 0 Å². The number of ether oxygens (including phenoxy) is 1. The Morgan fingerprint density at radius 1 is 1.56 bits per heavy atom. The van der Waals surface area contributed by atoms with Crippen LogP contribution in [-0.2, 0) is 0 Å². The van der Waals surface area contributed by atoms with E-state index in [1.54, 1.807) is 0 Å². The van der Waals surface area contributed by atoms with Crippen LogP contribution in [0.1, 0.15) is 26.7 Å². The lowest BCUT2D eigenvalue weighted by molar-refractivity contribution is -0.147. The van der Waals surface area contributed by atoms with Crippen molar-refractivity contribution in [2.24, 2.45) is 5.41 Å². The summed E-state index contributed by atoms with van der Waals surface area (Å²) >= 11 is 5.89. The van der Waals surface area contributed by atoms with Crippen molar-refractivity contribution in [3.8, 4) is 5.75 Å². The van der Waals surface area contributed by atoms with Gasteiger partial charge in [-0.05, 0) is 24.6 Å². The van der Waals surface area contributed by atoms with Gasteiger partial charge in [0.1, 0.15) is 11.9 Å². The highest BCUT2D eigenvalue weighted by Crippen LogP contribution is 2.46. The predicted molar refractivity (Wildman–Crippen MR) is 64.9 cm³/mol. The minimum atomic E-state index is -0.248. The molecule has 1 aliphatic carbocycles. The second-order valence-corrected chi connectivity index (χ2v) is 5.11. The van der Waals surface area contributed by atoms with Crippen molar-refractivity contribution >= 4 is 11.6 Å². The summed E-state index contributed by atoms with van der Waals surface area (Å²) in [7, 11) is 0. The van der Waals surface area contributed by atoms with Crippen LogP contribution in [0, 0.1) is 5.41 Å². The maximum Gasteiger partial charge on any atom is 0.121 e. The first kappa shape index (κ1) is 11.7. The number of rotatable bonds is 3. The van der Waals surface area contributed by atoms with Crippen LogP contribution < -0.4 is 4.74 Å². The number of benzene rings is 1. The van der Waals surface area contributed by atoms with E-state index < -0.39 is 0 Å². The van der Waals surface area contributed by atoms with Crippen LogP contribution in [0.3, 0.4) is 0 Å². The van der Waals surface area contributed by atoms with Crippen LogP contribution in [0.4, 0.5) is 0 Å². The minimum absolute atomic E-state index is 0.0889.